The molecule has 11 nitrogen and oxygen atoms in total. The molecule has 8 rings (SSSR count). The van der Waals surface area contributed by atoms with E-state index in [1.54, 1.807) is 19.1 Å². The van der Waals surface area contributed by atoms with Crippen molar-refractivity contribution in [3.05, 3.63) is 77.4 Å². The van der Waals surface area contributed by atoms with Crippen molar-refractivity contribution in [3.63, 3.8) is 0 Å². The van der Waals surface area contributed by atoms with Crippen molar-refractivity contribution in [2.75, 3.05) is 44.6 Å². The number of benzene rings is 3. The van der Waals surface area contributed by atoms with Gasteiger partial charge in [0.1, 0.15) is 17.9 Å². The molecule has 5 aliphatic rings. The lowest BCUT2D eigenvalue weighted by Gasteiger charge is -2.62. The lowest BCUT2D eigenvalue weighted by atomic mass is 9.45. The van der Waals surface area contributed by atoms with Crippen LogP contribution in [0.2, 0.25) is 0 Å². The summed E-state index contributed by atoms with van der Waals surface area (Å²) in [7, 11) is 5.50. The van der Waals surface area contributed by atoms with E-state index in [1.807, 2.05) is 67.5 Å². The van der Waals surface area contributed by atoms with Gasteiger partial charge in [-0.3, -0.25) is 14.4 Å². The smallest absolute Gasteiger partial charge is 0.251 e. The van der Waals surface area contributed by atoms with Crippen LogP contribution in [0.3, 0.4) is 0 Å². The SMILES string of the molecule is COc1c(CN2O[C@@H](CO)[C@H]([C@H](C)O)[C@H]2C(=O)NC2C[C@H]3C[C@@H]([C@@H]2C)C3(C)C)cccc1-c1cc(C(=O)NC2CNc3ccccc3C2)cc(N(C)C)c1. The first-order valence-electron chi connectivity index (χ1n) is 19.4. The van der Waals surface area contributed by atoms with E-state index >= 15 is 0 Å². The minimum absolute atomic E-state index is 0.0392. The van der Waals surface area contributed by atoms with Gasteiger partial charge in [-0.25, -0.2) is 0 Å². The molecule has 4 fully saturated rings. The molecule has 0 radical (unpaired) electrons. The van der Waals surface area contributed by atoms with Crippen LogP contribution in [0.25, 0.3) is 11.1 Å². The Morgan fingerprint density at radius 2 is 1.87 bits per heavy atom. The normalized spacial score (nSPS) is 28.9. The third-order valence-electron chi connectivity index (χ3n) is 13.1. The summed E-state index contributed by atoms with van der Waals surface area (Å²) in [5, 5.41) is 32.9. The molecule has 54 heavy (non-hydrogen) atoms. The Kier molecular flexibility index (Phi) is 10.7. The number of para-hydroxylation sites is 2. The summed E-state index contributed by atoms with van der Waals surface area (Å²) < 4.78 is 6.09. The average Bonchev–Trinajstić information content (AvgIpc) is 3.53. The van der Waals surface area contributed by atoms with E-state index in [9.17, 15) is 19.8 Å². The predicted octanol–water partition coefficient (Wildman–Crippen LogP) is 4.86. The molecule has 9 atom stereocenters. The molecule has 11 heteroatoms. The number of hydrogen-bond acceptors (Lipinski definition) is 9. The quantitative estimate of drug-likeness (QED) is 0.187. The number of methoxy groups -OCH3 is 1. The molecule has 0 aromatic heterocycles. The maximum absolute atomic E-state index is 14.3. The second-order valence-electron chi connectivity index (χ2n) is 16.8. The summed E-state index contributed by atoms with van der Waals surface area (Å²) in [5.74, 6) is 1.05. The highest BCUT2D eigenvalue weighted by molar-refractivity contribution is 5.97. The van der Waals surface area contributed by atoms with E-state index in [2.05, 4.69) is 48.9 Å². The van der Waals surface area contributed by atoms with Gasteiger partial charge in [-0.1, -0.05) is 57.2 Å². The number of hydroxylamine groups is 2. The molecule has 2 amide bonds. The summed E-state index contributed by atoms with van der Waals surface area (Å²) in [6.45, 7) is 9.04. The van der Waals surface area contributed by atoms with E-state index < -0.39 is 24.2 Å². The number of nitrogens with zero attached hydrogens (tertiary/aromatic N) is 2. The van der Waals surface area contributed by atoms with Crippen molar-refractivity contribution in [1.82, 2.24) is 15.7 Å². The number of nitrogens with one attached hydrogen (secondary N) is 3. The van der Waals surface area contributed by atoms with E-state index in [-0.39, 0.29) is 42.5 Å². The van der Waals surface area contributed by atoms with Crippen LogP contribution in [0, 0.1) is 29.1 Å². The molecule has 3 aromatic rings. The van der Waals surface area contributed by atoms with Crippen LogP contribution in [0.15, 0.2) is 60.7 Å². The molecule has 2 bridgehead atoms. The molecule has 5 N–H and O–H groups in total. The molecule has 290 valence electrons. The third-order valence-corrected chi connectivity index (χ3v) is 13.1. The number of carbonyl (C=O) groups excluding carboxylic acids is 2. The van der Waals surface area contributed by atoms with Crippen molar-refractivity contribution < 1.29 is 29.4 Å². The van der Waals surface area contributed by atoms with E-state index in [0.29, 0.717) is 35.6 Å². The molecule has 0 spiro atoms. The lowest BCUT2D eigenvalue weighted by molar-refractivity contribution is -0.183. The Morgan fingerprint density at radius 3 is 2.56 bits per heavy atom. The monoisotopic (exact) mass is 739 g/mol. The predicted molar refractivity (Wildman–Crippen MR) is 210 cm³/mol. The molecule has 1 saturated heterocycles. The van der Waals surface area contributed by atoms with Gasteiger partial charge in [0, 0.05) is 60.7 Å². The fourth-order valence-electron chi connectivity index (χ4n) is 9.80. The Labute approximate surface area is 319 Å². The van der Waals surface area contributed by atoms with Gasteiger partial charge in [0.25, 0.3) is 5.91 Å². The number of aliphatic hydroxyl groups is 2. The van der Waals surface area contributed by atoms with Gasteiger partial charge < -0.3 is 35.8 Å². The van der Waals surface area contributed by atoms with Crippen molar-refractivity contribution in [2.45, 2.75) is 83.8 Å². The molecule has 2 heterocycles. The fourth-order valence-corrected chi connectivity index (χ4v) is 9.80. The van der Waals surface area contributed by atoms with Crippen LogP contribution in [-0.4, -0.2) is 91.8 Å². The van der Waals surface area contributed by atoms with Gasteiger partial charge >= 0.3 is 0 Å². The number of hydrogen-bond donors (Lipinski definition) is 5. The zero-order valence-electron chi connectivity index (χ0n) is 32.6. The summed E-state index contributed by atoms with van der Waals surface area (Å²) in [6, 6.07) is 18.9. The number of ether oxygens (including phenoxy) is 1. The molecule has 3 aromatic carbocycles. The maximum atomic E-state index is 14.3. The lowest BCUT2D eigenvalue weighted by Crippen LogP contribution is -2.62. The van der Waals surface area contributed by atoms with Crippen molar-refractivity contribution in [2.24, 2.45) is 29.1 Å². The van der Waals surface area contributed by atoms with Crippen LogP contribution >= 0.6 is 0 Å². The second-order valence-corrected chi connectivity index (χ2v) is 16.8. The number of carbonyl (C=O) groups is 2. The van der Waals surface area contributed by atoms with E-state index in [0.717, 1.165) is 40.9 Å². The average molecular weight is 740 g/mol. The maximum Gasteiger partial charge on any atom is 0.251 e. The van der Waals surface area contributed by atoms with Gasteiger partial charge in [-0.2, -0.15) is 5.06 Å². The third kappa shape index (κ3) is 7.07. The zero-order chi connectivity index (χ0) is 38.5. The molecule has 2 aliphatic heterocycles. The van der Waals surface area contributed by atoms with Crippen molar-refractivity contribution >= 4 is 23.2 Å². The Bertz CT molecular complexity index is 1860. The Morgan fingerprint density at radius 1 is 1.09 bits per heavy atom. The summed E-state index contributed by atoms with van der Waals surface area (Å²) in [6.07, 6.45) is 1.23. The zero-order valence-corrected chi connectivity index (χ0v) is 32.6. The largest absolute Gasteiger partial charge is 0.496 e. The summed E-state index contributed by atoms with van der Waals surface area (Å²) in [5.41, 5.74) is 6.30. The Balaban J connectivity index is 1.15. The number of anilines is 2. The molecule has 2 unspecified atom stereocenters. The highest BCUT2D eigenvalue weighted by Gasteiger charge is 2.57. The summed E-state index contributed by atoms with van der Waals surface area (Å²) in [4.78, 5) is 36.3. The first kappa shape index (κ1) is 38.1. The van der Waals surface area contributed by atoms with Gasteiger partial charge in [0.05, 0.1) is 32.4 Å². The van der Waals surface area contributed by atoms with Crippen LogP contribution in [0.5, 0.6) is 5.75 Å². The van der Waals surface area contributed by atoms with E-state index in [1.165, 1.54) is 12.0 Å². The van der Waals surface area contributed by atoms with Crippen LogP contribution in [0.4, 0.5) is 11.4 Å². The van der Waals surface area contributed by atoms with Gasteiger partial charge in [-0.05, 0) is 84.7 Å². The van der Waals surface area contributed by atoms with Crippen LogP contribution in [0.1, 0.15) is 62.0 Å². The highest BCUT2D eigenvalue weighted by atomic mass is 16.7. The van der Waals surface area contributed by atoms with Crippen molar-refractivity contribution in [1.29, 1.82) is 0 Å². The number of aliphatic hydroxyl groups excluding tert-OH is 2. The molecular weight excluding hydrogens is 683 g/mol. The molecule has 3 aliphatic carbocycles. The minimum Gasteiger partial charge on any atom is -0.496 e. The van der Waals surface area contributed by atoms with Crippen LogP contribution < -0.4 is 25.6 Å². The van der Waals surface area contributed by atoms with Crippen LogP contribution in [-0.2, 0) is 22.6 Å². The van der Waals surface area contributed by atoms with Gasteiger partial charge in [0.15, 0.2) is 0 Å². The number of amides is 2. The first-order chi connectivity index (χ1) is 25.8. The molecular formula is C43H57N5O6. The van der Waals surface area contributed by atoms with Crippen molar-refractivity contribution in [3.8, 4) is 16.9 Å². The number of fused-ring (bicyclic) bond motifs is 3. The fraction of sp³-hybridized carbons (Fsp3) is 0.535. The van der Waals surface area contributed by atoms with Gasteiger partial charge in [-0.15, -0.1) is 0 Å². The Hall–Kier alpha value is -4.16. The standard InChI is InChI=1S/C43H57N5O6/c1-24-34-19-30(43(34,3)4)20-36(24)46-42(52)39-38(25(2)50)37(23-49)54-48(39)22-27-12-10-13-33(40(27)53-7)28-15-29(18-32(17-28)47(5)6)41(51)45-31-16-26-11-8-9-14-35(26)44-21-31/h8-15,17-18,24-25,30-31,34,36-39,44,49-50H,16,19-23H2,1-7H3,(H,45,51)(H,46,52)/t24-,25-,30+,31?,34-,36?,37-,38-,39-/m0/s1. The minimum atomic E-state index is -0.898. The summed E-state index contributed by atoms with van der Waals surface area (Å²) >= 11 is 0. The second kappa shape index (κ2) is 15.2. The molecule has 3 saturated carbocycles. The van der Waals surface area contributed by atoms with Gasteiger partial charge in [0.2, 0.25) is 5.91 Å². The van der Waals surface area contributed by atoms with E-state index in [4.69, 9.17) is 9.57 Å². The number of rotatable bonds is 11. The topological polar surface area (TPSA) is 136 Å². The highest BCUT2D eigenvalue weighted by Crippen LogP contribution is 2.61. The first-order valence-corrected chi connectivity index (χ1v) is 19.4.